The van der Waals surface area contributed by atoms with Crippen molar-refractivity contribution >= 4 is 29.3 Å². The lowest BCUT2D eigenvalue weighted by Gasteiger charge is -2.22. The lowest BCUT2D eigenvalue weighted by atomic mass is 10.1. The average molecular weight is 308 g/mol. The summed E-state index contributed by atoms with van der Waals surface area (Å²) in [6.07, 6.45) is 1.89. The number of hydrogen-bond acceptors (Lipinski definition) is 3. The molecule has 5 heteroatoms. The molecular weight excluding hydrogens is 284 g/mol. The molecule has 0 unspecified atom stereocenters. The van der Waals surface area contributed by atoms with Crippen molar-refractivity contribution in [3.8, 4) is 0 Å². The van der Waals surface area contributed by atoms with E-state index in [1.54, 1.807) is 18.0 Å². The molecule has 0 aliphatic rings. The predicted molar refractivity (Wildman–Crippen MR) is 90.0 cm³/mol. The van der Waals surface area contributed by atoms with Gasteiger partial charge in [0.1, 0.15) is 0 Å². The van der Waals surface area contributed by atoms with Gasteiger partial charge in [0.15, 0.2) is 0 Å². The Morgan fingerprint density at radius 2 is 1.86 bits per heavy atom. The van der Waals surface area contributed by atoms with Crippen molar-refractivity contribution in [1.82, 2.24) is 4.90 Å². The van der Waals surface area contributed by atoms with Crippen molar-refractivity contribution in [2.24, 2.45) is 0 Å². The van der Waals surface area contributed by atoms with Crippen molar-refractivity contribution in [2.75, 3.05) is 18.6 Å². The maximum absolute atomic E-state index is 12.4. The Morgan fingerprint density at radius 1 is 1.24 bits per heavy atom. The SMILES string of the molecule is CS[C@H](C)C(=O)Nc1ccc(C)c(C(=O)N(C)C(C)C)c1. The normalized spacial score (nSPS) is 12.1. The second-order valence-electron chi connectivity index (χ2n) is 5.41. The highest BCUT2D eigenvalue weighted by molar-refractivity contribution is 7.99. The number of anilines is 1. The summed E-state index contributed by atoms with van der Waals surface area (Å²) < 4.78 is 0. The van der Waals surface area contributed by atoms with Gasteiger partial charge in [0.05, 0.1) is 5.25 Å². The van der Waals surface area contributed by atoms with E-state index in [4.69, 9.17) is 0 Å². The first-order chi connectivity index (χ1) is 9.77. The number of rotatable bonds is 5. The molecule has 1 N–H and O–H groups in total. The van der Waals surface area contributed by atoms with E-state index in [9.17, 15) is 9.59 Å². The Morgan fingerprint density at radius 3 is 2.38 bits per heavy atom. The standard InChI is InChI=1S/C16H24N2O2S/c1-10(2)18(5)16(20)14-9-13(8-7-11(14)3)17-15(19)12(4)21-6/h7-10,12H,1-6H3,(H,17,19)/t12-/m1/s1. The molecule has 4 nitrogen and oxygen atoms in total. The Bertz CT molecular complexity index is 529. The van der Waals surface area contributed by atoms with Gasteiger partial charge in [0, 0.05) is 24.3 Å². The molecule has 0 aromatic heterocycles. The van der Waals surface area contributed by atoms with E-state index >= 15 is 0 Å². The monoisotopic (exact) mass is 308 g/mol. The number of amides is 2. The molecule has 2 amide bonds. The molecule has 1 aromatic rings. The fourth-order valence-corrected chi connectivity index (χ4v) is 1.98. The minimum atomic E-state index is -0.121. The maximum atomic E-state index is 12.4. The van der Waals surface area contributed by atoms with Crippen LogP contribution in [-0.4, -0.2) is 41.3 Å². The van der Waals surface area contributed by atoms with E-state index in [0.29, 0.717) is 11.3 Å². The third-order valence-electron chi connectivity index (χ3n) is 3.55. The van der Waals surface area contributed by atoms with Crippen LogP contribution in [0.1, 0.15) is 36.7 Å². The van der Waals surface area contributed by atoms with Crippen LogP contribution in [-0.2, 0) is 4.79 Å². The quantitative estimate of drug-likeness (QED) is 0.909. The number of carbonyl (C=O) groups excluding carboxylic acids is 2. The molecule has 0 fully saturated rings. The second-order valence-corrected chi connectivity index (χ2v) is 6.59. The summed E-state index contributed by atoms with van der Waals surface area (Å²) in [4.78, 5) is 26.1. The van der Waals surface area contributed by atoms with Gasteiger partial charge in [0.2, 0.25) is 5.91 Å². The molecule has 116 valence electrons. The molecule has 21 heavy (non-hydrogen) atoms. The molecule has 0 heterocycles. The maximum Gasteiger partial charge on any atom is 0.254 e. The fraction of sp³-hybridized carbons (Fsp3) is 0.500. The van der Waals surface area contributed by atoms with Gasteiger partial charge in [-0.05, 0) is 51.6 Å². The van der Waals surface area contributed by atoms with Crippen molar-refractivity contribution < 1.29 is 9.59 Å². The zero-order valence-electron chi connectivity index (χ0n) is 13.6. The highest BCUT2D eigenvalue weighted by atomic mass is 32.2. The third kappa shape index (κ3) is 4.49. The number of nitrogens with zero attached hydrogens (tertiary/aromatic N) is 1. The molecule has 1 atom stereocenters. The van der Waals surface area contributed by atoms with Crippen LogP contribution in [0.3, 0.4) is 0 Å². The first kappa shape index (κ1) is 17.6. The molecule has 0 bridgehead atoms. The predicted octanol–water partition coefficient (Wildman–Crippen LogP) is 3.17. The van der Waals surface area contributed by atoms with Crippen LogP contribution in [0, 0.1) is 6.92 Å². The van der Waals surface area contributed by atoms with Crippen LogP contribution in [0.5, 0.6) is 0 Å². The molecule has 0 radical (unpaired) electrons. The molecule has 1 aromatic carbocycles. The molecule has 0 saturated heterocycles. The molecule has 1 rings (SSSR count). The van der Waals surface area contributed by atoms with Gasteiger partial charge < -0.3 is 10.2 Å². The molecule has 0 spiro atoms. The summed E-state index contributed by atoms with van der Waals surface area (Å²) in [6.45, 7) is 7.70. The van der Waals surface area contributed by atoms with Crippen LogP contribution < -0.4 is 5.32 Å². The first-order valence-electron chi connectivity index (χ1n) is 6.99. The van der Waals surface area contributed by atoms with Gasteiger partial charge in [-0.15, -0.1) is 0 Å². The number of nitrogens with one attached hydrogen (secondary N) is 1. The summed E-state index contributed by atoms with van der Waals surface area (Å²) in [5.74, 6) is -0.0847. The molecule has 0 saturated carbocycles. The Kier molecular flexibility index (Phi) is 6.27. The zero-order valence-corrected chi connectivity index (χ0v) is 14.4. The highest BCUT2D eigenvalue weighted by Crippen LogP contribution is 2.19. The van der Waals surface area contributed by atoms with E-state index in [1.165, 1.54) is 11.8 Å². The van der Waals surface area contributed by atoms with E-state index in [2.05, 4.69) is 5.32 Å². The van der Waals surface area contributed by atoms with E-state index in [-0.39, 0.29) is 23.1 Å². The van der Waals surface area contributed by atoms with Crippen molar-refractivity contribution in [1.29, 1.82) is 0 Å². The second kappa shape index (κ2) is 7.50. The summed E-state index contributed by atoms with van der Waals surface area (Å²) >= 11 is 1.49. The number of hydrogen-bond donors (Lipinski definition) is 1. The summed E-state index contributed by atoms with van der Waals surface area (Å²) in [7, 11) is 1.79. The Hall–Kier alpha value is -1.49. The largest absolute Gasteiger partial charge is 0.339 e. The van der Waals surface area contributed by atoms with Crippen LogP contribution in [0.2, 0.25) is 0 Å². The number of thioether (sulfide) groups is 1. The zero-order chi connectivity index (χ0) is 16.2. The van der Waals surface area contributed by atoms with Crippen molar-refractivity contribution in [3.05, 3.63) is 29.3 Å². The van der Waals surface area contributed by atoms with E-state index in [0.717, 1.165) is 5.56 Å². The Labute approximate surface area is 131 Å². The molecule has 0 aliphatic heterocycles. The molecular formula is C16H24N2O2S. The first-order valence-corrected chi connectivity index (χ1v) is 8.28. The minimum absolute atomic E-state index is 0.0310. The van der Waals surface area contributed by atoms with E-state index in [1.807, 2.05) is 46.1 Å². The van der Waals surface area contributed by atoms with Gasteiger partial charge >= 0.3 is 0 Å². The third-order valence-corrected chi connectivity index (χ3v) is 4.47. The lowest BCUT2D eigenvalue weighted by molar-refractivity contribution is -0.115. The number of aryl methyl sites for hydroxylation is 1. The average Bonchev–Trinajstić information content (AvgIpc) is 2.46. The van der Waals surface area contributed by atoms with Gasteiger partial charge in [-0.3, -0.25) is 9.59 Å². The molecule has 0 aliphatic carbocycles. The van der Waals surface area contributed by atoms with Crippen LogP contribution in [0.25, 0.3) is 0 Å². The van der Waals surface area contributed by atoms with Crippen LogP contribution in [0.4, 0.5) is 5.69 Å². The number of benzene rings is 1. The summed E-state index contributed by atoms with van der Waals surface area (Å²) in [6, 6.07) is 5.57. The van der Waals surface area contributed by atoms with Gasteiger partial charge in [0.25, 0.3) is 5.91 Å². The lowest BCUT2D eigenvalue weighted by Crippen LogP contribution is -2.33. The van der Waals surface area contributed by atoms with Gasteiger partial charge in [-0.2, -0.15) is 11.8 Å². The smallest absolute Gasteiger partial charge is 0.254 e. The van der Waals surface area contributed by atoms with Gasteiger partial charge in [-0.1, -0.05) is 6.07 Å². The summed E-state index contributed by atoms with van der Waals surface area (Å²) in [5.41, 5.74) is 2.19. The van der Waals surface area contributed by atoms with Crippen LogP contribution in [0.15, 0.2) is 18.2 Å². The van der Waals surface area contributed by atoms with Crippen molar-refractivity contribution in [2.45, 2.75) is 39.0 Å². The topological polar surface area (TPSA) is 49.4 Å². The van der Waals surface area contributed by atoms with Gasteiger partial charge in [-0.25, -0.2) is 0 Å². The van der Waals surface area contributed by atoms with E-state index < -0.39 is 0 Å². The van der Waals surface area contributed by atoms with Crippen LogP contribution >= 0.6 is 11.8 Å². The minimum Gasteiger partial charge on any atom is -0.339 e. The summed E-state index contributed by atoms with van der Waals surface area (Å²) in [5, 5.41) is 2.73. The fourth-order valence-electron chi connectivity index (χ4n) is 1.71. The number of carbonyl (C=O) groups is 2. The van der Waals surface area contributed by atoms with Crippen molar-refractivity contribution in [3.63, 3.8) is 0 Å². The Balaban J connectivity index is 3.00. The highest BCUT2D eigenvalue weighted by Gasteiger charge is 2.18.